The molecule has 0 aliphatic heterocycles. The molecule has 2 saturated carbocycles. The average Bonchev–Trinajstić information content (AvgIpc) is 2.39. The van der Waals surface area contributed by atoms with Crippen molar-refractivity contribution < 1.29 is 5.11 Å². The van der Waals surface area contributed by atoms with Crippen LogP contribution in [0.4, 0.5) is 0 Å². The molecule has 2 nitrogen and oxygen atoms in total. The first-order valence-corrected chi connectivity index (χ1v) is 7.21. The van der Waals surface area contributed by atoms with E-state index in [9.17, 15) is 5.11 Å². The van der Waals surface area contributed by atoms with Crippen molar-refractivity contribution in [1.82, 2.24) is 5.32 Å². The zero-order valence-corrected chi connectivity index (χ0v) is 10.5. The van der Waals surface area contributed by atoms with E-state index in [1.165, 1.54) is 64.2 Å². The molecule has 0 heterocycles. The van der Waals surface area contributed by atoms with Gasteiger partial charge in [0.15, 0.2) is 0 Å². The van der Waals surface area contributed by atoms with Gasteiger partial charge in [-0.3, -0.25) is 0 Å². The molecule has 0 radical (unpaired) electrons. The molecule has 2 fully saturated rings. The van der Waals surface area contributed by atoms with Crippen molar-refractivity contribution in [3.63, 3.8) is 0 Å². The number of hydrogen-bond donors (Lipinski definition) is 2. The lowest BCUT2D eigenvalue weighted by Gasteiger charge is -2.38. The van der Waals surface area contributed by atoms with Crippen molar-refractivity contribution in [2.24, 2.45) is 5.92 Å². The Hall–Kier alpha value is -0.0800. The predicted molar refractivity (Wildman–Crippen MR) is 67.5 cm³/mol. The third-order valence-electron chi connectivity index (χ3n) is 4.60. The quantitative estimate of drug-likeness (QED) is 0.771. The maximum Gasteiger partial charge on any atom is 0.0613 e. The molecule has 2 heteroatoms. The van der Waals surface area contributed by atoms with Gasteiger partial charge < -0.3 is 10.4 Å². The van der Waals surface area contributed by atoms with Crippen LogP contribution in [0.15, 0.2) is 0 Å². The van der Waals surface area contributed by atoms with Crippen molar-refractivity contribution in [2.75, 3.05) is 13.2 Å². The third-order valence-corrected chi connectivity index (χ3v) is 4.60. The molecule has 16 heavy (non-hydrogen) atoms. The molecule has 0 amide bonds. The van der Waals surface area contributed by atoms with Crippen LogP contribution in [0.3, 0.4) is 0 Å². The third kappa shape index (κ3) is 3.21. The fourth-order valence-corrected chi connectivity index (χ4v) is 3.37. The Balaban J connectivity index is 1.77. The van der Waals surface area contributed by atoms with Crippen molar-refractivity contribution >= 4 is 0 Å². The molecule has 0 aromatic carbocycles. The van der Waals surface area contributed by atoms with Gasteiger partial charge in [0.1, 0.15) is 0 Å². The number of aliphatic hydroxyl groups is 1. The van der Waals surface area contributed by atoms with E-state index in [0.29, 0.717) is 6.61 Å². The zero-order valence-electron chi connectivity index (χ0n) is 10.5. The van der Waals surface area contributed by atoms with E-state index in [1.807, 2.05) is 0 Å². The molecule has 0 aromatic rings. The van der Waals surface area contributed by atoms with Gasteiger partial charge in [0.25, 0.3) is 0 Å². The summed E-state index contributed by atoms with van der Waals surface area (Å²) in [6, 6.07) is 0. The predicted octanol–water partition coefficient (Wildman–Crippen LogP) is 2.85. The SMILES string of the molecule is OCC1(NCC2CCCCC2)CCCCC1. The van der Waals surface area contributed by atoms with E-state index in [2.05, 4.69) is 5.32 Å². The molecule has 2 N–H and O–H groups in total. The van der Waals surface area contributed by atoms with Crippen molar-refractivity contribution in [1.29, 1.82) is 0 Å². The second kappa shape index (κ2) is 6.02. The summed E-state index contributed by atoms with van der Waals surface area (Å²) >= 11 is 0. The molecular formula is C14H27NO. The topological polar surface area (TPSA) is 32.3 Å². The van der Waals surface area contributed by atoms with E-state index in [0.717, 1.165) is 12.5 Å². The highest BCUT2D eigenvalue weighted by atomic mass is 16.3. The van der Waals surface area contributed by atoms with E-state index in [-0.39, 0.29) is 5.54 Å². The van der Waals surface area contributed by atoms with Crippen LogP contribution in [0.5, 0.6) is 0 Å². The normalized spacial score (nSPS) is 26.8. The van der Waals surface area contributed by atoms with Crippen LogP contribution in [0.2, 0.25) is 0 Å². The Kier molecular flexibility index (Phi) is 4.66. The van der Waals surface area contributed by atoms with E-state index in [1.54, 1.807) is 0 Å². The van der Waals surface area contributed by atoms with E-state index in [4.69, 9.17) is 0 Å². The second-order valence-electron chi connectivity index (χ2n) is 5.88. The summed E-state index contributed by atoms with van der Waals surface area (Å²) in [6.45, 7) is 1.47. The lowest BCUT2D eigenvalue weighted by molar-refractivity contribution is 0.113. The summed E-state index contributed by atoms with van der Waals surface area (Å²) in [7, 11) is 0. The van der Waals surface area contributed by atoms with Gasteiger partial charge in [-0.05, 0) is 38.1 Å². The van der Waals surface area contributed by atoms with Crippen LogP contribution in [0.1, 0.15) is 64.2 Å². The Labute approximate surface area is 99.8 Å². The molecule has 0 atom stereocenters. The molecule has 0 spiro atoms. The van der Waals surface area contributed by atoms with Crippen molar-refractivity contribution in [3.8, 4) is 0 Å². The van der Waals surface area contributed by atoms with Crippen molar-refractivity contribution in [3.05, 3.63) is 0 Å². The molecule has 0 unspecified atom stereocenters. The Morgan fingerprint density at radius 3 is 2.19 bits per heavy atom. The van der Waals surface area contributed by atoms with Crippen LogP contribution < -0.4 is 5.32 Å². The lowest BCUT2D eigenvalue weighted by atomic mass is 9.81. The Morgan fingerprint density at radius 2 is 1.56 bits per heavy atom. The molecule has 0 bridgehead atoms. The number of hydrogen-bond acceptors (Lipinski definition) is 2. The summed E-state index contributed by atoms with van der Waals surface area (Å²) in [5.74, 6) is 0.874. The minimum atomic E-state index is 0.0791. The summed E-state index contributed by atoms with van der Waals surface area (Å²) in [5.41, 5.74) is 0.0791. The fraction of sp³-hybridized carbons (Fsp3) is 1.00. The maximum atomic E-state index is 9.61. The van der Waals surface area contributed by atoms with Gasteiger partial charge in [-0.15, -0.1) is 0 Å². The number of rotatable bonds is 4. The van der Waals surface area contributed by atoms with Gasteiger partial charge in [0.2, 0.25) is 0 Å². The van der Waals surface area contributed by atoms with Crippen LogP contribution in [0.25, 0.3) is 0 Å². The van der Waals surface area contributed by atoms with Gasteiger partial charge in [-0.25, -0.2) is 0 Å². The standard InChI is InChI=1S/C14H27NO/c16-12-14(9-5-2-6-10-14)15-11-13-7-3-1-4-8-13/h13,15-16H,1-12H2. The molecule has 2 aliphatic carbocycles. The monoisotopic (exact) mass is 225 g/mol. The highest BCUT2D eigenvalue weighted by Crippen LogP contribution is 2.29. The van der Waals surface area contributed by atoms with Gasteiger partial charge >= 0.3 is 0 Å². The first-order chi connectivity index (χ1) is 7.85. The highest BCUT2D eigenvalue weighted by Gasteiger charge is 2.31. The van der Waals surface area contributed by atoms with Gasteiger partial charge in [0.05, 0.1) is 6.61 Å². The van der Waals surface area contributed by atoms with Crippen LogP contribution in [-0.2, 0) is 0 Å². The summed E-state index contributed by atoms with van der Waals surface area (Å²) < 4.78 is 0. The van der Waals surface area contributed by atoms with E-state index < -0.39 is 0 Å². The minimum absolute atomic E-state index is 0.0791. The highest BCUT2D eigenvalue weighted by molar-refractivity contribution is 4.91. The maximum absolute atomic E-state index is 9.61. The smallest absolute Gasteiger partial charge is 0.0613 e. The zero-order chi connectivity index (χ0) is 11.3. The molecule has 2 rings (SSSR count). The lowest BCUT2D eigenvalue weighted by Crippen LogP contribution is -2.51. The average molecular weight is 225 g/mol. The second-order valence-corrected chi connectivity index (χ2v) is 5.88. The Morgan fingerprint density at radius 1 is 0.938 bits per heavy atom. The van der Waals surface area contributed by atoms with Crippen LogP contribution >= 0.6 is 0 Å². The largest absolute Gasteiger partial charge is 0.394 e. The summed E-state index contributed by atoms with van der Waals surface area (Å²) in [5, 5.41) is 13.3. The Bertz CT molecular complexity index is 193. The fourth-order valence-electron chi connectivity index (χ4n) is 3.37. The van der Waals surface area contributed by atoms with E-state index >= 15 is 0 Å². The first-order valence-electron chi connectivity index (χ1n) is 7.21. The molecule has 0 saturated heterocycles. The van der Waals surface area contributed by atoms with Gasteiger partial charge in [0, 0.05) is 5.54 Å². The summed E-state index contributed by atoms with van der Waals surface area (Å²) in [6.07, 6.45) is 13.3. The molecule has 2 aliphatic rings. The van der Waals surface area contributed by atoms with Crippen molar-refractivity contribution in [2.45, 2.75) is 69.7 Å². The number of nitrogens with one attached hydrogen (secondary N) is 1. The van der Waals surface area contributed by atoms with Crippen LogP contribution in [0, 0.1) is 5.92 Å². The van der Waals surface area contributed by atoms with Crippen LogP contribution in [-0.4, -0.2) is 23.8 Å². The number of aliphatic hydroxyl groups excluding tert-OH is 1. The first kappa shape index (κ1) is 12.4. The summed E-state index contributed by atoms with van der Waals surface area (Å²) in [4.78, 5) is 0. The minimum Gasteiger partial charge on any atom is -0.394 e. The molecule has 0 aromatic heterocycles. The molecule has 94 valence electrons. The molecular weight excluding hydrogens is 198 g/mol. The van der Waals surface area contributed by atoms with Gasteiger partial charge in [-0.2, -0.15) is 0 Å². The van der Waals surface area contributed by atoms with Gasteiger partial charge in [-0.1, -0.05) is 38.5 Å².